The van der Waals surface area contributed by atoms with Crippen LogP contribution in [0.2, 0.25) is 0 Å². The number of likely N-dealkylation sites (tertiary alicyclic amines) is 1. The molecule has 0 spiro atoms. The van der Waals surface area contributed by atoms with E-state index in [0.717, 1.165) is 44.8 Å². The van der Waals surface area contributed by atoms with Crippen LogP contribution in [0.25, 0.3) is 0 Å². The van der Waals surface area contributed by atoms with Crippen molar-refractivity contribution in [2.24, 2.45) is 0 Å². The molecular formula is C22H28F2N6O2. The summed E-state index contributed by atoms with van der Waals surface area (Å²) >= 11 is 0. The largest absolute Gasteiger partial charge is 0.463 e. The van der Waals surface area contributed by atoms with Crippen LogP contribution in [0.4, 0.5) is 26.1 Å². The van der Waals surface area contributed by atoms with Crippen molar-refractivity contribution in [3.05, 3.63) is 34.9 Å². The maximum Gasteiger partial charge on any atom is 0.320 e. The Bertz CT molecular complexity index is 997. The van der Waals surface area contributed by atoms with Gasteiger partial charge in [-0.3, -0.25) is 9.69 Å². The van der Waals surface area contributed by atoms with E-state index in [1.807, 2.05) is 6.92 Å². The molecule has 172 valence electrons. The van der Waals surface area contributed by atoms with Gasteiger partial charge in [-0.2, -0.15) is 9.97 Å². The lowest BCUT2D eigenvalue weighted by atomic mass is 10.1. The number of carbonyl (C=O) groups is 1. The van der Waals surface area contributed by atoms with Crippen LogP contribution in [0.1, 0.15) is 43.7 Å². The highest BCUT2D eigenvalue weighted by Crippen LogP contribution is 2.34. The Balaban J connectivity index is 1.61. The summed E-state index contributed by atoms with van der Waals surface area (Å²) in [6, 6.07) is 2.56. The summed E-state index contributed by atoms with van der Waals surface area (Å²) in [7, 11) is 0. The van der Waals surface area contributed by atoms with Gasteiger partial charge >= 0.3 is 6.01 Å². The number of carbonyl (C=O) groups excluding carboxylic acids is 1. The molecule has 1 aromatic carbocycles. The lowest BCUT2D eigenvalue weighted by Crippen LogP contribution is -2.39. The van der Waals surface area contributed by atoms with Gasteiger partial charge < -0.3 is 20.7 Å². The average molecular weight is 447 g/mol. The predicted octanol–water partition coefficient (Wildman–Crippen LogP) is 3.07. The fourth-order valence-corrected chi connectivity index (χ4v) is 4.00. The molecule has 1 saturated heterocycles. The highest BCUT2D eigenvalue weighted by molar-refractivity contribution is 6.03. The van der Waals surface area contributed by atoms with E-state index in [1.54, 1.807) is 11.0 Å². The summed E-state index contributed by atoms with van der Waals surface area (Å²) in [5.41, 5.74) is 7.02. The van der Waals surface area contributed by atoms with Gasteiger partial charge in [0.25, 0.3) is 0 Å². The van der Waals surface area contributed by atoms with Crippen molar-refractivity contribution in [1.82, 2.24) is 14.9 Å². The number of halogens is 2. The lowest BCUT2D eigenvalue weighted by Gasteiger charge is -2.30. The molecule has 8 nitrogen and oxygen atoms in total. The number of nitrogens with two attached hydrogens (primary N) is 1. The van der Waals surface area contributed by atoms with Crippen LogP contribution in [0.5, 0.6) is 6.01 Å². The molecule has 4 rings (SSSR count). The molecule has 1 aromatic heterocycles. The molecule has 0 unspecified atom stereocenters. The third-order valence-corrected chi connectivity index (χ3v) is 5.69. The summed E-state index contributed by atoms with van der Waals surface area (Å²) in [5.74, 6) is -1.11. The van der Waals surface area contributed by atoms with E-state index in [0.29, 0.717) is 24.5 Å². The molecule has 0 atom stereocenters. The quantitative estimate of drug-likeness (QED) is 0.602. The van der Waals surface area contributed by atoms with Crippen LogP contribution in [-0.4, -0.2) is 47.0 Å². The number of anilines is 3. The zero-order valence-corrected chi connectivity index (χ0v) is 18.2. The van der Waals surface area contributed by atoms with E-state index in [9.17, 15) is 13.6 Å². The van der Waals surface area contributed by atoms with Crippen LogP contribution < -0.4 is 20.7 Å². The highest BCUT2D eigenvalue weighted by atomic mass is 19.1. The molecule has 10 heteroatoms. The Kier molecular flexibility index (Phi) is 6.69. The fourth-order valence-electron chi connectivity index (χ4n) is 4.00. The van der Waals surface area contributed by atoms with Crippen LogP contribution in [0.15, 0.2) is 12.1 Å². The number of nitrogen functional groups attached to an aromatic ring is 1. The summed E-state index contributed by atoms with van der Waals surface area (Å²) in [6.07, 6.45) is 3.95. The van der Waals surface area contributed by atoms with E-state index < -0.39 is 11.6 Å². The first kappa shape index (κ1) is 22.2. The first-order chi connectivity index (χ1) is 15.4. The van der Waals surface area contributed by atoms with Gasteiger partial charge in [0.05, 0.1) is 13.2 Å². The standard InChI is InChI=1S/C22H28F2N6O2/c1-2-3-8-32-22-27-20(25)19-21(28-22)30(13-18(31)26-19)12-15-9-14(16(23)10-17(15)24)11-29-6-4-5-7-29/h9-10H,2-8,11-13H2,1H3,(H,26,31)(H2,25,27,28). The molecule has 1 fully saturated rings. The van der Waals surface area contributed by atoms with Gasteiger partial charge in [-0.15, -0.1) is 0 Å². The Hall–Kier alpha value is -3.01. The second-order valence-electron chi connectivity index (χ2n) is 8.21. The topological polar surface area (TPSA) is 96.6 Å². The molecular weight excluding hydrogens is 418 g/mol. The normalized spacial score (nSPS) is 16.2. The van der Waals surface area contributed by atoms with Crippen molar-refractivity contribution in [2.75, 3.05) is 42.2 Å². The number of nitrogens with one attached hydrogen (secondary N) is 1. The minimum absolute atomic E-state index is 0.0321. The number of hydrogen-bond acceptors (Lipinski definition) is 7. The third kappa shape index (κ3) is 4.90. The lowest BCUT2D eigenvalue weighted by molar-refractivity contribution is -0.115. The zero-order chi connectivity index (χ0) is 22.7. The molecule has 0 aliphatic carbocycles. The SMILES string of the molecule is CCCCOc1nc(N)c2c(n1)N(Cc1cc(CN3CCCC3)c(F)cc1F)CC(=O)N2. The Morgan fingerprint density at radius 2 is 1.84 bits per heavy atom. The number of fused-ring (bicyclic) bond motifs is 1. The number of nitrogens with zero attached hydrogens (tertiary/aromatic N) is 4. The average Bonchev–Trinajstić information content (AvgIpc) is 3.26. The molecule has 3 N–H and O–H groups in total. The summed E-state index contributed by atoms with van der Waals surface area (Å²) < 4.78 is 34.7. The van der Waals surface area contributed by atoms with Gasteiger partial charge in [0.1, 0.15) is 17.3 Å². The van der Waals surface area contributed by atoms with Crippen LogP contribution >= 0.6 is 0 Å². The molecule has 1 amide bonds. The van der Waals surface area contributed by atoms with Crippen molar-refractivity contribution in [3.63, 3.8) is 0 Å². The molecule has 2 aliphatic heterocycles. The Morgan fingerprint density at radius 3 is 2.56 bits per heavy atom. The second kappa shape index (κ2) is 9.64. The molecule has 0 saturated carbocycles. The summed E-state index contributed by atoms with van der Waals surface area (Å²) in [5, 5.41) is 2.68. The van der Waals surface area contributed by atoms with E-state index in [4.69, 9.17) is 10.5 Å². The van der Waals surface area contributed by atoms with E-state index in [1.165, 1.54) is 0 Å². The summed E-state index contributed by atoms with van der Waals surface area (Å²) in [4.78, 5) is 24.5. The molecule has 32 heavy (non-hydrogen) atoms. The van der Waals surface area contributed by atoms with Crippen LogP contribution in [0, 0.1) is 11.6 Å². The number of amides is 1. The van der Waals surface area contributed by atoms with Crippen molar-refractivity contribution in [3.8, 4) is 6.01 Å². The number of aromatic nitrogens is 2. The monoisotopic (exact) mass is 446 g/mol. The van der Waals surface area contributed by atoms with Gasteiger partial charge in [0.2, 0.25) is 5.91 Å². The fraction of sp³-hybridized carbons (Fsp3) is 0.500. The smallest absolute Gasteiger partial charge is 0.320 e. The van der Waals surface area contributed by atoms with Gasteiger partial charge in [0, 0.05) is 30.3 Å². The Labute approximate surface area is 185 Å². The van der Waals surface area contributed by atoms with Gasteiger partial charge in [-0.05, 0) is 38.4 Å². The summed E-state index contributed by atoms with van der Waals surface area (Å²) in [6.45, 7) is 4.71. The van der Waals surface area contributed by atoms with Crippen LogP contribution in [-0.2, 0) is 17.9 Å². The predicted molar refractivity (Wildman–Crippen MR) is 117 cm³/mol. The highest BCUT2D eigenvalue weighted by Gasteiger charge is 2.28. The van der Waals surface area contributed by atoms with E-state index >= 15 is 0 Å². The first-order valence-electron chi connectivity index (χ1n) is 11.0. The van der Waals surface area contributed by atoms with Crippen LogP contribution in [0.3, 0.4) is 0 Å². The second-order valence-corrected chi connectivity index (χ2v) is 8.21. The zero-order valence-electron chi connectivity index (χ0n) is 18.2. The maximum atomic E-state index is 14.7. The van der Waals surface area contributed by atoms with Crippen molar-refractivity contribution >= 4 is 23.2 Å². The number of rotatable bonds is 8. The first-order valence-corrected chi connectivity index (χ1v) is 11.0. The molecule has 3 heterocycles. The third-order valence-electron chi connectivity index (χ3n) is 5.69. The van der Waals surface area contributed by atoms with Crippen molar-refractivity contribution < 1.29 is 18.3 Å². The number of benzene rings is 1. The maximum absolute atomic E-state index is 14.7. The van der Waals surface area contributed by atoms with Gasteiger partial charge in [-0.1, -0.05) is 13.3 Å². The van der Waals surface area contributed by atoms with E-state index in [2.05, 4.69) is 20.2 Å². The van der Waals surface area contributed by atoms with Crippen molar-refractivity contribution in [1.29, 1.82) is 0 Å². The van der Waals surface area contributed by atoms with E-state index in [-0.39, 0.29) is 42.1 Å². The molecule has 2 aromatic rings. The molecule has 0 bridgehead atoms. The minimum Gasteiger partial charge on any atom is -0.463 e. The Morgan fingerprint density at radius 1 is 1.12 bits per heavy atom. The number of ether oxygens (including phenoxy) is 1. The minimum atomic E-state index is -0.665. The number of hydrogen-bond donors (Lipinski definition) is 2. The number of unbranched alkanes of at least 4 members (excludes halogenated alkanes) is 1. The molecule has 2 aliphatic rings. The van der Waals surface area contributed by atoms with Gasteiger partial charge in [-0.25, -0.2) is 8.78 Å². The van der Waals surface area contributed by atoms with Crippen molar-refractivity contribution in [2.45, 2.75) is 45.7 Å². The van der Waals surface area contributed by atoms with Gasteiger partial charge in [0.15, 0.2) is 11.6 Å². The molecule has 0 radical (unpaired) electrons.